The number of nitrogens with two attached hydrogens (primary N) is 1. The summed E-state index contributed by atoms with van der Waals surface area (Å²) in [5.41, 5.74) is 6.26. The summed E-state index contributed by atoms with van der Waals surface area (Å²) in [5.74, 6) is -0.893. The van der Waals surface area contributed by atoms with Gasteiger partial charge in [-0.2, -0.15) is 0 Å². The second kappa shape index (κ2) is 8.29. The zero-order valence-corrected chi connectivity index (χ0v) is 12.6. The maximum atomic E-state index is 13.7. The van der Waals surface area contributed by atoms with Crippen LogP contribution in [0.1, 0.15) is 24.9 Å². The van der Waals surface area contributed by atoms with Crippen molar-refractivity contribution in [3.8, 4) is 0 Å². The summed E-state index contributed by atoms with van der Waals surface area (Å²) in [4.78, 5) is 4.29. The summed E-state index contributed by atoms with van der Waals surface area (Å²) in [6, 6.07) is 2.92. The topological polar surface area (TPSA) is 32.5 Å². The molecule has 1 rings (SSSR count). The van der Waals surface area contributed by atoms with Crippen LogP contribution >= 0.6 is 0 Å². The van der Waals surface area contributed by atoms with E-state index in [4.69, 9.17) is 5.73 Å². The first kappa shape index (κ1) is 17.0. The van der Waals surface area contributed by atoms with E-state index in [1.807, 2.05) is 21.0 Å². The average molecular weight is 285 g/mol. The molecule has 20 heavy (non-hydrogen) atoms. The van der Waals surface area contributed by atoms with E-state index in [1.165, 1.54) is 6.07 Å². The highest BCUT2D eigenvalue weighted by Gasteiger charge is 2.15. The van der Waals surface area contributed by atoms with E-state index >= 15 is 0 Å². The molecular formula is C15H25F2N3. The molecule has 0 saturated heterocycles. The molecule has 1 aromatic carbocycles. The second-order valence-electron chi connectivity index (χ2n) is 5.32. The molecule has 0 amide bonds. The highest BCUT2D eigenvalue weighted by atomic mass is 19.1. The molecule has 3 nitrogen and oxygen atoms in total. The number of halogens is 2. The first-order valence-electron chi connectivity index (χ1n) is 7.01. The molecule has 0 aliphatic heterocycles. The van der Waals surface area contributed by atoms with E-state index < -0.39 is 17.7 Å². The molecule has 0 radical (unpaired) electrons. The van der Waals surface area contributed by atoms with Crippen molar-refractivity contribution in [2.45, 2.75) is 19.4 Å². The molecule has 1 atom stereocenters. The van der Waals surface area contributed by atoms with Crippen molar-refractivity contribution in [1.82, 2.24) is 9.80 Å². The van der Waals surface area contributed by atoms with Crippen molar-refractivity contribution in [2.75, 3.05) is 40.3 Å². The van der Waals surface area contributed by atoms with Gasteiger partial charge in [0.15, 0.2) is 0 Å². The molecule has 0 spiro atoms. The minimum absolute atomic E-state index is 0.246. The Morgan fingerprint density at radius 2 is 1.90 bits per heavy atom. The fraction of sp³-hybridized carbons (Fsp3) is 0.600. The van der Waals surface area contributed by atoms with Gasteiger partial charge in [-0.05, 0) is 58.3 Å². The molecule has 0 saturated carbocycles. The predicted octanol–water partition coefficient (Wildman–Crippen LogP) is 2.24. The average Bonchev–Trinajstić information content (AvgIpc) is 2.39. The van der Waals surface area contributed by atoms with Crippen LogP contribution in [0, 0.1) is 11.6 Å². The van der Waals surface area contributed by atoms with Crippen LogP contribution in [0.2, 0.25) is 0 Å². The number of hydrogen-bond acceptors (Lipinski definition) is 3. The third-order valence-electron chi connectivity index (χ3n) is 3.34. The first-order valence-corrected chi connectivity index (χ1v) is 7.01. The molecule has 0 heterocycles. The van der Waals surface area contributed by atoms with Crippen LogP contribution in [0.15, 0.2) is 18.2 Å². The van der Waals surface area contributed by atoms with Gasteiger partial charge in [-0.3, -0.25) is 0 Å². The van der Waals surface area contributed by atoms with Gasteiger partial charge in [0.25, 0.3) is 0 Å². The largest absolute Gasteiger partial charge is 0.323 e. The highest BCUT2D eigenvalue weighted by Crippen LogP contribution is 2.17. The van der Waals surface area contributed by atoms with Gasteiger partial charge >= 0.3 is 0 Å². The summed E-state index contributed by atoms with van der Waals surface area (Å²) in [6.45, 7) is 5.33. The second-order valence-corrected chi connectivity index (χ2v) is 5.32. The number of benzene rings is 1. The Kier molecular flexibility index (Phi) is 7.05. The van der Waals surface area contributed by atoms with Crippen molar-refractivity contribution in [3.63, 3.8) is 0 Å². The van der Waals surface area contributed by atoms with Gasteiger partial charge in [0.05, 0.1) is 0 Å². The van der Waals surface area contributed by atoms with Gasteiger partial charge in [0.1, 0.15) is 11.6 Å². The highest BCUT2D eigenvalue weighted by molar-refractivity contribution is 5.22. The van der Waals surface area contributed by atoms with Crippen LogP contribution in [0.4, 0.5) is 8.78 Å². The fourth-order valence-electron chi connectivity index (χ4n) is 2.16. The van der Waals surface area contributed by atoms with Gasteiger partial charge in [-0.15, -0.1) is 0 Å². The fourth-order valence-corrected chi connectivity index (χ4v) is 2.16. The van der Waals surface area contributed by atoms with Crippen molar-refractivity contribution >= 4 is 0 Å². The zero-order chi connectivity index (χ0) is 15.1. The van der Waals surface area contributed by atoms with E-state index in [0.717, 1.165) is 38.2 Å². The van der Waals surface area contributed by atoms with Crippen LogP contribution in [0.3, 0.4) is 0 Å². The van der Waals surface area contributed by atoms with E-state index in [2.05, 4.69) is 9.80 Å². The van der Waals surface area contributed by atoms with Gasteiger partial charge in [-0.1, -0.05) is 6.92 Å². The minimum Gasteiger partial charge on any atom is -0.323 e. The summed E-state index contributed by atoms with van der Waals surface area (Å²) in [7, 11) is 4.06. The van der Waals surface area contributed by atoms with Gasteiger partial charge in [-0.25, -0.2) is 8.78 Å². The molecule has 0 fully saturated rings. The SMILES string of the molecule is CCN(CCCN(C)C)CC(N)c1cc(F)ccc1F. The van der Waals surface area contributed by atoms with E-state index in [-0.39, 0.29) is 5.56 Å². The zero-order valence-electron chi connectivity index (χ0n) is 12.6. The molecule has 5 heteroatoms. The summed E-state index contributed by atoms with van der Waals surface area (Å²) in [5, 5.41) is 0. The van der Waals surface area contributed by atoms with E-state index in [9.17, 15) is 8.78 Å². The van der Waals surface area contributed by atoms with Crippen molar-refractivity contribution in [3.05, 3.63) is 35.4 Å². The van der Waals surface area contributed by atoms with Gasteiger partial charge in [0, 0.05) is 18.2 Å². The number of nitrogens with zero attached hydrogens (tertiary/aromatic N) is 2. The van der Waals surface area contributed by atoms with Crippen molar-refractivity contribution in [2.24, 2.45) is 5.73 Å². The van der Waals surface area contributed by atoms with Gasteiger partial charge < -0.3 is 15.5 Å². The summed E-state index contributed by atoms with van der Waals surface area (Å²) in [6.07, 6.45) is 1.03. The number of rotatable bonds is 8. The predicted molar refractivity (Wildman–Crippen MR) is 78.6 cm³/mol. The van der Waals surface area contributed by atoms with E-state index in [0.29, 0.717) is 6.54 Å². The summed E-state index contributed by atoms with van der Waals surface area (Å²) >= 11 is 0. The Morgan fingerprint density at radius 1 is 1.20 bits per heavy atom. The smallest absolute Gasteiger partial charge is 0.128 e. The Balaban J connectivity index is 2.57. The first-order chi connectivity index (χ1) is 9.43. The van der Waals surface area contributed by atoms with Crippen LogP contribution in [-0.2, 0) is 0 Å². The summed E-state index contributed by atoms with van der Waals surface area (Å²) < 4.78 is 26.8. The lowest BCUT2D eigenvalue weighted by molar-refractivity contribution is 0.251. The lowest BCUT2D eigenvalue weighted by Gasteiger charge is -2.25. The molecule has 1 unspecified atom stereocenters. The Hall–Kier alpha value is -1.04. The monoisotopic (exact) mass is 285 g/mol. The molecule has 0 aliphatic carbocycles. The van der Waals surface area contributed by atoms with Crippen LogP contribution in [0.25, 0.3) is 0 Å². The van der Waals surface area contributed by atoms with Gasteiger partial charge in [0.2, 0.25) is 0 Å². The quantitative estimate of drug-likeness (QED) is 0.795. The third kappa shape index (κ3) is 5.53. The van der Waals surface area contributed by atoms with Crippen LogP contribution in [-0.4, -0.2) is 50.1 Å². The molecule has 0 aliphatic rings. The van der Waals surface area contributed by atoms with Crippen molar-refractivity contribution in [1.29, 1.82) is 0 Å². The molecule has 0 bridgehead atoms. The Labute approximate surface area is 120 Å². The molecule has 2 N–H and O–H groups in total. The minimum atomic E-state index is -0.509. The molecule has 114 valence electrons. The lowest BCUT2D eigenvalue weighted by Crippen LogP contribution is -2.34. The third-order valence-corrected chi connectivity index (χ3v) is 3.34. The number of hydrogen-bond donors (Lipinski definition) is 1. The lowest BCUT2D eigenvalue weighted by atomic mass is 10.1. The maximum Gasteiger partial charge on any atom is 0.128 e. The van der Waals surface area contributed by atoms with Crippen LogP contribution < -0.4 is 5.73 Å². The van der Waals surface area contributed by atoms with E-state index in [1.54, 1.807) is 0 Å². The van der Waals surface area contributed by atoms with Crippen molar-refractivity contribution < 1.29 is 8.78 Å². The number of likely N-dealkylation sites (N-methyl/N-ethyl adjacent to an activating group) is 1. The Morgan fingerprint density at radius 3 is 2.50 bits per heavy atom. The Bertz CT molecular complexity index is 410. The molecular weight excluding hydrogens is 260 g/mol. The standard InChI is InChI=1S/C15H25F2N3/c1-4-20(9-5-8-19(2)3)11-15(18)13-10-12(16)6-7-14(13)17/h6-7,10,15H,4-5,8-9,11,18H2,1-3H3. The maximum absolute atomic E-state index is 13.7. The van der Waals surface area contributed by atoms with Crippen LogP contribution in [0.5, 0.6) is 0 Å². The molecule has 1 aromatic rings. The molecule has 0 aromatic heterocycles. The normalized spacial score (nSPS) is 13.2.